The molecule has 0 saturated carbocycles. The molecule has 0 aromatic heterocycles. The quantitative estimate of drug-likeness (QED) is 0.408. The molecule has 26 heavy (non-hydrogen) atoms. The summed E-state index contributed by atoms with van der Waals surface area (Å²) in [6.07, 6.45) is 1.98. The molecule has 0 saturated heterocycles. The van der Waals surface area contributed by atoms with Crippen molar-refractivity contribution >= 4 is 5.97 Å². The summed E-state index contributed by atoms with van der Waals surface area (Å²) in [4.78, 5) is 12.0. The van der Waals surface area contributed by atoms with Gasteiger partial charge < -0.3 is 18.9 Å². The Morgan fingerprint density at radius 2 is 1.88 bits per heavy atom. The molecule has 0 spiro atoms. The first-order chi connectivity index (χ1) is 12.4. The smallest absolute Gasteiger partial charge is 0.306 e. The Labute approximate surface area is 158 Å². The first-order valence-electron chi connectivity index (χ1n) is 9.30. The average molecular weight is 366 g/mol. The Kier molecular flexibility index (Phi) is 9.49. The summed E-state index contributed by atoms with van der Waals surface area (Å²) in [6.45, 7) is 9.90. The van der Waals surface area contributed by atoms with E-state index in [-0.39, 0.29) is 11.4 Å². The molecule has 1 aromatic carbocycles. The lowest BCUT2D eigenvalue weighted by atomic mass is 9.72. The van der Waals surface area contributed by atoms with Crippen molar-refractivity contribution < 1.29 is 23.7 Å². The van der Waals surface area contributed by atoms with E-state index in [2.05, 4.69) is 20.8 Å². The predicted octanol–water partition coefficient (Wildman–Crippen LogP) is 4.27. The van der Waals surface area contributed by atoms with Crippen LogP contribution in [0.15, 0.2) is 18.2 Å². The summed E-state index contributed by atoms with van der Waals surface area (Å²) in [6, 6.07) is 5.97. The lowest BCUT2D eigenvalue weighted by Crippen LogP contribution is -2.30. The fourth-order valence-corrected chi connectivity index (χ4v) is 2.81. The zero-order valence-electron chi connectivity index (χ0n) is 17.1. The molecule has 0 aliphatic heterocycles. The minimum atomic E-state index is -0.186. The Balaban J connectivity index is 2.92. The van der Waals surface area contributed by atoms with Crippen LogP contribution < -0.4 is 9.47 Å². The number of hydrogen-bond acceptors (Lipinski definition) is 5. The molecule has 1 atom stereocenters. The van der Waals surface area contributed by atoms with Crippen LogP contribution in [0.5, 0.6) is 11.5 Å². The summed E-state index contributed by atoms with van der Waals surface area (Å²) >= 11 is 0. The number of methoxy groups -OCH3 is 2. The van der Waals surface area contributed by atoms with Crippen molar-refractivity contribution in [2.45, 2.75) is 47.0 Å². The average Bonchev–Trinajstić information content (AvgIpc) is 2.59. The SMILES string of the molecule is CCOC(=O)CC(C)(Cc1ccc(OC)c(OCCCOC)c1)C(C)C. The summed E-state index contributed by atoms with van der Waals surface area (Å²) in [7, 11) is 3.31. The lowest BCUT2D eigenvalue weighted by molar-refractivity contribution is -0.146. The highest BCUT2D eigenvalue weighted by atomic mass is 16.5. The van der Waals surface area contributed by atoms with Crippen molar-refractivity contribution in [1.29, 1.82) is 0 Å². The van der Waals surface area contributed by atoms with Crippen LogP contribution in [-0.4, -0.2) is 40.0 Å². The van der Waals surface area contributed by atoms with E-state index < -0.39 is 0 Å². The van der Waals surface area contributed by atoms with E-state index in [9.17, 15) is 4.79 Å². The van der Waals surface area contributed by atoms with Gasteiger partial charge in [-0.15, -0.1) is 0 Å². The van der Waals surface area contributed by atoms with Gasteiger partial charge in [-0.2, -0.15) is 0 Å². The molecule has 5 heteroatoms. The lowest BCUT2D eigenvalue weighted by Gasteiger charge is -2.33. The summed E-state index contributed by atoms with van der Waals surface area (Å²) in [5, 5.41) is 0. The van der Waals surface area contributed by atoms with Crippen LogP contribution in [0, 0.1) is 11.3 Å². The van der Waals surface area contributed by atoms with Gasteiger partial charge >= 0.3 is 5.97 Å². The topological polar surface area (TPSA) is 54.0 Å². The highest BCUT2D eigenvalue weighted by Gasteiger charge is 2.32. The maximum absolute atomic E-state index is 12.0. The molecule has 0 fully saturated rings. The van der Waals surface area contributed by atoms with E-state index in [0.717, 1.165) is 24.2 Å². The van der Waals surface area contributed by atoms with Crippen LogP contribution >= 0.6 is 0 Å². The Morgan fingerprint density at radius 3 is 2.46 bits per heavy atom. The van der Waals surface area contributed by atoms with Gasteiger partial charge in [0.05, 0.1) is 26.7 Å². The van der Waals surface area contributed by atoms with Crippen molar-refractivity contribution in [3.05, 3.63) is 23.8 Å². The molecular formula is C21H34O5. The van der Waals surface area contributed by atoms with E-state index in [1.807, 2.05) is 25.1 Å². The molecule has 1 unspecified atom stereocenters. The Bertz CT molecular complexity index is 555. The summed E-state index contributed by atoms with van der Waals surface area (Å²) in [5.74, 6) is 1.62. The second-order valence-corrected chi connectivity index (χ2v) is 7.15. The third kappa shape index (κ3) is 6.87. The monoisotopic (exact) mass is 366 g/mol. The first-order valence-corrected chi connectivity index (χ1v) is 9.30. The zero-order chi connectivity index (χ0) is 19.6. The third-order valence-corrected chi connectivity index (χ3v) is 4.83. The van der Waals surface area contributed by atoms with Gasteiger partial charge in [-0.3, -0.25) is 4.79 Å². The van der Waals surface area contributed by atoms with Gasteiger partial charge in [-0.25, -0.2) is 0 Å². The largest absolute Gasteiger partial charge is 0.493 e. The molecule has 5 nitrogen and oxygen atoms in total. The van der Waals surface area contributed by atoms with E-state index in [0.29, 0.717) is 37.9 Å². The molecule has 0 N–H and O–H groups in total. The van der Waals surface area contributed by atoms with Crippen LogP contribution in [-0.2, 0) is 20.7 Å². The van der Waals surface area contributed by atoms with Crippen molar-refractivity contribution in [1.82, 2.24) is 0 Å². The molecule has 0 aliphatic carbocycles. The number of benzene rings is 1. The molecule has 0 radical (unpaired) electrons. The second kappa shape index (κ2) is 11.1. The van der Waals surface area contributed by atoms with Crippen molar-refractivity contribution in [3.63, 3.8) is 0 Å². The van der Waals surface area contributed by atoms with E-state index >= 15 is 0 Å². The van der Waals surface area contributed by atoms with Gasteiger partial charge in [0.1, 0.15) is 0 Å². The first kappa shape index (κ1) is 22.3. The van der Waals surface area contributed by atoms with Crippen LogP contribution in [0.3, 0.4) is 0 Å². The number of carbonyl (C=O) groups excluding carboxylic acids is 1. The van der Waals surface area contributed by atoms with Crippen molar-refractivity contribution in [2.24, 2.45) is 11.3 Å². The fourth-order valence-electron chi connectivity index (χ4n) is 2.81. The van der Waals surface area contributed by atoms with Gasteiger partial charge in [0.15, 0.2) is 11.5 Å². The fraction of sp³-hybridized carbons (Fsp3) is 0.667. The highest BCUT2D eigenvalue weighted by Crippen LogP contribution is 2.37. The molecule has 1 aromatic rings. The molecule has 1 rings (SSSR count). The Morgan fingerprint density at radius 1 is 1.15 bits per heavy atom. The second-order valence-electron chi connectivity index (χ2n) is 7.15. The van der Waals surface area contributed by atoms with Gasteiger partial charge in [-0.1, -0.05) is 26.8 Å². The zero-order valence-corrected chi connectivity index (χ0v) is 17.1. The minimum absolute atomic E-state index is 0.145. The van der Waals surface area contributed by atoms with Gasteiger partial charge in [-0.05, 0) is 42.4 Å². The van der Waals surface area contributed by atoms with E-state index in [4.69, 9.17) is 18.9 Å². The van der Waals surface area contributed by atoms with Crippen LogP contribution in [0.1, 0.15) is 46.1 Å². The molecule has 0 aliphatic rings. The number of esters is 1. The maximum Gasteiger partial charge on any atom is 0.306 e. The van der Waals surface area contributed by atoms with Gasteiger partial charge in [0.2, 0.25) is 0 Å². The van der Waals surface area contributed by atoms with Crippen LogP contribution in [0.2, 0.25) is 0 Å². The van der Waals surface area contributed by atoms with E-state index in [1.165, 1.54) is 0 Å². The number of rotatable bonds is 12. The van der Waals surface area contributed by atoms with Gasteiger partial charge in [0, 0.05) is 20.1 Å². The standard InChI is InChI=1S/C21H34O5/c1-7-25-20(22)15-21(4,16(2)3)14-17-9-10-18(24-6)19(13-17)26-12-8-11-23-5/h9-10,13,16H,7-8,11-12,14-15H2,1-6H3. The highest BCUT2D eigenvalue weighted by molar-refractivity contribution is 5.70. The van der Waals surface area contributed by atoms with Crippen LogP contribution in [0.25, 0.3) is 0 Å². The third-order valence-electron chi connectivity index (χ3n) is 4.83. The van der Waals surface area contributed by atoms with Crippen molar-refractivity contribution in [3.8, 4) is 11.5 Å². The molecule has 0 amide bonds. The molecule has 0 bridgehead atoms. The normalized spacial score (nSPS) is 13.3. The van der Waals surface area contributed by atoms with Gasteiger partial charge in [0.25, 0.3) is 0 Å². The minimum Gasteiger partial charge on any atom is -0.493 e. The number of ether oxygens (including phenoxy) is 4. The van der Waals surface area contributed by atoms with Crippen molar-refractivity contribution in [2.75, 3.05) is 34.0 Å². The maximum atomic E-state index is 12.0. The molecule has 148 valence electrons. The summed E-state index contributed by atoms with van der Waals surface area (Å²) in [5.41, 5.74) is 0.932. The molecule has 0 heterocycles. The van der Waals surface area contributed by atoms with E-state index in [1.54, 1.807) is 14.2 Å². The van der Waals surface area contributed by atoms with Crippen LogP contribution in [0.4, 0.5) is 0 Å². The molecular weight excluding hydrogens is 332 g/mol. The predicted molar refractivity (Wildman–Crippen MR) is 103 cm³/mol. The number of carbonyl (C=O) groups is 1. The Hall–Kier alpha value is -1.75. The summed E-state index contributed by atoms with van der Waals surface area (Å²) < 4.78 is 21.5. The number of hydrogen-bond donors (Lipinski definition) is 0.